The second kappa shape index (κ2) is 6.09. The number of amides is 1. The van der Waals surface area contributed by atoms with Crippen LogP contribution in [0.1, 0.15) is 18.4 Å². The summed E-state index contributed by atoms with van der Waals surface area (Å²) in [5.74, 6) is 0.477. The monoisotopic (exact) mass is 322 g/mol. The first-order valence-electron chi connectivity index (χ1n) is 8.09. The number of carbonyl (C=O) groups is 1. The number of carbonyl (C=O) groups excluding carboxylic acids is 1. The Morgan fingerprint density at radius 2 is 2.17 bits per heavy atom. The van der Waals surface area contributed by atoms with Gasteiger partial charge in [-0.05, 0) is 50.1 Å². The number of hydrogen-bond donors (Lipinski definition) is 1. The maximum Gasteiger partial charge on any atom is 0.253 e. The number of nitrogens with one attached hydrogen (secondary N) is 1. The molecule has 122 valence electrons. The molecule has 2 aromatic carbocycles. The first-order valence-corrected chi connectivity index (χ1v) is 8.09. The number of ether oxygens (including phenoxy) is 1. The number of anilines is 1. The SMILES string of the molecule is Cc1cccc(-c2nc3cc(NC(=O)[C@@H]4CCCO4)ccc3o2)c1. The van der Waals surface area contributed by atoms with Crippen LogP contribution in [0, 0.1) is 6.92 Å². The maximum atomic E-state index is 12.1. The Labute approximate surface area is 139 Å². The van der Waals surface area contributed by atoms with Crippen LogP contribution < -0.4 is 5.32 Å². The molecule has 1 aromatic heterocycles. The smallest absolute Gasteiger partial charge is 0.253 e. The second-order valence-electron chi connectivity index (χ2n) is 6.06. The van der Waals surface area contributed by atoms with Gasteiger partial charge >= 0.3 is 0 Å². The topological polar surface area (TPSA) is 64.4 Å². The summed E-state index contributed by atoms with van der Waals surface area (Å²) < 4.78 is 11.2. The molecule has 1 aliphatic rings. The van der Waals surface area contributed by atoms with E-state index in [2.05, 4.69) is 10.3 Å². The molecule has 5 nitrogen and oxygen atoms in total. The predicted molar refractivity (Wildman–Crippen MR) is 91.8 cm³/mol. The van der Waals surface area contributed by atoms with Crippen LogP contribution in [0.4, 0.5) is 5.69 Å². The van der Waals surface area contributed by atoms with Crippen LogP contribution in [0.2, 0.25) is 0 Å². The number of fused-ring (bicyclic) bond motifs is 1. The summed E-state index contributed by atoms with van der Waals surface area (Å²) in [5, 5.41) is 2.89. The van der Waals surface area contributed by atoms with E-state index in [0.717, 1.165) is 29.5 Å². The highest BCUT2D eigenvalue weighted by Gasteiger charge is 2.23. The minimum absolute atomic E-state index is 0.103. The van der Waals surface area contributed by atoms with Crippen molar-refractivity contribution >= 4 is 22.7 Å². The predicted octanol–water partition coefficient (Wildman–Crippen LogP) is 3.92. The molecule has 5 heteroatoms. The third-order valence-electron chi connectivity index (χ3n) is 4.14. The van der Waals surface area contributed by atoms with Gasteiger partial charge in [-0.15, -0.1) is 0 Å². The number of aryl methyl sites for hydroxylation is 1. The lowest BCUT2D eigenvalue weighted by atomic mass is 10.1. The molecule has 1 amide bonds. The maximum absolute atomic E-state index is 12.1. The van der Waals surface area contributed by atoms with Gasteiger partial charge < -0.3 is 14.5 Å². The zero-order valence-corrected chi connectivity index (χ0v) is 13.4. The summed E-state index contributed by atoms with van der Waals surface area (Å²) >= 11 is 0. The van der Waals surface area contributed by atoms with Crippen molar-refractivity contribution < 1.29 is 13.9 Å². The van der Waals surface area contributed by atoms with Gasteiger partial charge in [0.15, 0.2) is 5.58 Å². The van der Waals surface area contributed by atoms with E-state index in [1.807, 2.05) is 49.4 Å². The van der Waals surface area contributed by atoms with Crippen molar-refractivity contribution in [2.75, 3.05) is 11.9 Å². The van der Waals surface area contributed by atoms with Crippen molar-refractivity contribution in [3.8, 4) is 11.5 Å². The fraction of sp³-hybridized carbons (Fsp3) is 0.263. The Morgan fingerprint density at radius 1 is 1.25 bits per heavy atom. The Kier molecular flexibility index (Phi) is 3.78. The van der Waals surface area contributed by atoms with Gasteiger partial charge in [-0.3, -0.25) is 4.79 Å². The number of nitrogens with zero attached hydrogens (tertiary/aromatic N) is 1. The standard InChI is InChI=1S/C19H18N2O3/c1-12-4-2-5-13(10-12)19-21-15-11-14(7-8-16(15)24-19)20-18(22)17-6-3-9-23-17/h2,4-5,7-8,10-11,17H,3,6,9H2,1H3,(H,20,22)/t17-/m0/s1. The highest BCUT2D eigenvalue weighted by Crippen LogP contribution is 2.27. The lowest BCUT2D eigenvalue weighted by Crippen LogP contribution is -2.26. The van der Waals surface area contributed by atoms with Crippen molar-refractivity contribution in [3.63, 3.8) is 0 Å². The van der Waals surface area contributed by atoms with Crippen LogP contribution in [0.15, 0.2) is 46.9 Å². The molecule has 1 N–H and O–H groups in total. The molecule has 1 fully saturated rings. The molecule has 0 saturated carbocycles. The minimum atomic E-state index is -0.346. The Bertz CT molecular complexity index is 895. The van der Waals surface area contributed by atoms with Crippen molar-refractivity contribution in [1.29, 1.82) is 0 Å². The molecule has 2 heterocycles. The molecule has 1 atom stereocenters. The average Bonchev–Trinajstić information content (AvgIpc) is 3.24. The number of aromatic nitrogens is 1. The first kappa shape index (κ1) is 14.9. The van der Waals surface area contributed by atoms with Gasteiger partial charge in [0, 0.05) is 17.9 Å². The number of hydrogen-bond acceptors (Lipinski definition) is 4. The van der Waals surface area contributed by atoms with Gasteiger partial charge in [0.25, 0.3) is 5.91 Å². The van der Waals surface area contributed by atoms with E-state index >= 15 is 0 Å². The van der Waals surface area contributed by atoms with Crippen molar-refractivity contribution in [2.24, 2.45) is 0 Å². The normalized spacial score (nSPS) is 17.3. The molecular weight excluding hydrogens is 304 g/mol. The summed E-state index contributed by atoms with van der Waals surface area (Å²) in [6.45, 7) is 2.69. The zero-order valence-electron chi connectivity index (χ0n) is 13.4. The van der Waals surface area contributed by atoms with Crippen LogP contribution in [0.5, 0.6) is 0 Å². The van der Waals surface area contributed by atoms with Crippen molar-refractivity contribution in [1.82, 2.24) is 4.98 Å². The van der Waals surface area contributed by atoms with Gasteiger partial charge in [-0.1, -0.05) is 17.7 Å². The fourth-order valence-corrected chi connectivity index (χ4v) is 2.91. The largest absolute Gasteiger partial charge is 0.436 e. The fourth-order valence-electron chi connectivity index (χ4n) is 2.91. The van der Waals surface area contributed by atoms with E-state index in [1.54, 1.807) is 0 Å². The molecule has 0 radical (unpaired) electrons. The van der Waals surface area contributed by atoms with E-state index in [0.29, 0.717) is 23.8 Å². The minimum Gasteiger partial charge on any atom is -0.436 e. The third-order valence-corrected chi connectivity index (χ3v) is 4.14. The van der Waals surface area contributed by atoms with Gasteiger partial charge in [-0.25, -0.2) is 4.98 Å². The third kappa shape index (κ3) is 2.90. The van der Waals surface area contributed by atoms with E-state index in [-0.39, 0.29) is 12.0 Å². The number of benzene rings is 2. The van der Waals surface area contributed by atoms with Crippen LogP contribution in [-0.4, -0.2) is 23.6 Å². The average molecular weight is 322 g/mol. The molecule has 4 rings (SSSR count). The van der Waals surface area contributed by atoms with Crippen LogP contribution in [0.3, 0.4) is 0 Å². The van der Waals surface area contributed by atoms with Gasteiger partial charge in [0.2, 0.25) is 5.89 Å². The van der Waals surface area contributed by atoms with Gasteiger partial charge in [-0.2, -0.15) is 0 Å². The molecule has 1 saturated heterocycles. The molecule has 24 heavy (non-hydrogen) atoms. The second-order valence-corrected chi connectivity index (χ2v) is 6.06. The van der Waals surface area contributed by atoms with Crippen molar-refractivity contribution in [3.05, 3.63) is 48.0 Å². The van der Waals surface area contributed by atoms with E-state index in [1.165, 1.54) is 0 Å². The molecule has 0 unspecified atom stereocenters. The summed E-state index contributed by atoms with van der Waals surface area (Å²) in [4.78, 5) is 16.7. The van der Waals surface area contributed by atoms with E-state index < -0.39 is 0 Å². The van der Waals surface area contributed by atoms with Crippen LogP contribution in [-0.2, 0) is 9.53 Å². The molecule has 0 bridgehead atoms. The Morgan fingerprint density at radius 3 is 2.96 bits per heavy atom. The van der Waals surface area contributed by atoms with Gasteiger partial charge in [0.1, 0.15) is 11.6 Å². The number of oxazole rings is 1. The lowest BCUT2D eigenvalue weighted by Gasteiger charge is -2.09. The summed E-state index contributed by atoms with van der Waals surface area (Å²) in [7, 11) is 0. The summed E-state index contributed by atoms with van der Waals surface area (Å²) in [6.07, 6.45) is 1.36. The van der Waals surface area contributed by atoms with E-state index in [9.17, 15) is 4.79 Å². The quantitative estimate of drug-likeness (QED) is 0.794. The molecule has 0 aliphatic carbocycles. The highest BCUT2D eigenvalue weighted by molar-refractivity contribution is 5.96. The highest BCUT2D eigenvalue weighted by atomic mass is 16.5. The molecular formula is C19H18N2O3. The Balaban J connectivity index is 1.60. The molecule has 0 spiro atoms. The van der Waals surface area contributed by atoms with Gasteiger partial charge in [0.05, 0.1) is 0 Å². The van der Waals surface area contributed by atoms with Crippen LogP contribution in [0.25, 0.3) is 22.6 Å². The number of rotatable bonds is 3. The van der Waals surface area contributed by atoms with E-state index in [4.69, 9.17) is 9.15 Å². The Hall–Kier alpha value is -2.66. The molecule has 3 aromatic rings. The van der Waals surface area contributed by atoms with Crippen LogP contribution >= 0.6 is 0 Å². The lowest BCUT2D eigenvalue weighted by molar-refractivity contribution is -0.124. The summed E-state index contributed by atoms with van der Waals surface area (Å²) in [5.41, 5.74) is 4.21. The summed E-state index contributed by atoms with van der Waals surface area (Å²) in [6, 6.07) is 13.5. The first-order chi connectivity index (χ1) is 11.7. The van der Waals surface area contributed by atoms with Crippen molar-refractivity contribution in [2.45, 2.75) is 25.9 Å². The molecule has 1 aliphatic heterocycles. The zero-order chi connectivity index (χ0) is 16.5.